The van der Waals surface area contributed by atoms with Gasteiger partial charge in [0, 0.05) is 0 Å². The van der Waals surface area contributed by atoms with Crippen molar-refractivity contribution in [3.05, 3.63) is 57.7 Å². The van der Waals surface area contributed by atoms with E-state index in [9.17, 15) is 15.2 Å². The molecular formula is C13H9N5O4S. The van der Waals surface area contributed by atoms with E-state index in [1.807, 2.05) is 0 Å². The quantitative estimate of drug-likeness (QED) is 0.430. The molecule has 0 saturated carbocycles. The summed E-state index contributed by atoms with van der Waals surface area (Å²) in [5.74, 6) is 0.187. The van der Waals surface area contributed by atoms with Crippen molar-refractivity contribution in [3.63, 3.8) is 0 Å². The average Bonchev–Trinajstić information content (AvgIpc) is 3.18. The lowest BCUT2D eigenvalue weighted by atomic mass is 10.3. The van der Waals surface area contributed by atoms with E-state index in [2.05, 4.69) is 15.5 Å². The van der Waals surface area contributed by atoms with Gasteiger partial charge in [-0.25, -0.2) is 0 Å². The first-order chi connectivity index (χ1) is 11.1. The van der Waals surface area contributed by atoms with Gasteiger partial charge >= 0.3 is 5.88 Å². The van der Waals surface area contributed by atoms with Crippen molar-refractivity contribution in [1.29, 1.82) is 0 Å². The Kier molecular flexibility index (Phi) is 4.06. The Morgan fingerprint density at radius 1 is 1.26 bits per heavy atom. The number of hydrogen-bond acceptors (Lipinski definition) is 8. The Morgan fingerprint density at radius 2 is 2.04 bits per heavy atom. The molecule has 9 nitrogen and oxygen atoms in total. The molecule has 0 saturated heterocycles. The zero-order valence-corrected chi connectivity index (χ0v) is 12.3. The van der Waals surface area contributed by atoms with E-state index in [0.29, 0.717) is 16.6 Å². The second-order valence-electron chi connectivity index (χ2n) is 4.24. The van der Waals surface area contributed by atoms with Gasteiger partial charge in [-0.1, -0.05) is 11.8 Å². The van der Waals surface area contributed by atoms with Crippen LogP contribution in [0.1, 0.15) is 5.76 Å². The highest BCUT2D eigenvalue weighted by molar-refractivity contribution is 8.02. The third kappa shape index (κ3) is 3.37. The zero-order chi connectivity index (χ0) is 16.2. The van der Waals surface area contributed by atoms with Crippen LogP contribution in [0.15, 0.2) is 51.4 Å². The van der Waals surface area contributed by atoms with Crippen molar-refractivity contribution in [2.75, 3.05) is 0 Å². The Morgan fingerprint density at radius 3 is 2.74 bits per heavy atom. The summed E-state index contributed by atoms with van der Waals surface area (Å²) < 4.78 is 6.51. The number of nitro groups is 1. The number of hydrogen-bond donors (Lipinski definition) is 1. The van der Waals surface area contributed by atoms with Gasteiger partial charge in [0.15, 0.2) is 0 Å². The predicted molar refractivity (Wildman–Crippen MR) is 81.1 cm³/mol. The van der Waals surface area contributed by atoms with Crippen LogP contribution in [0, 0.1) is 10.1 Å². The molecule has 0 aliphatic rings. The molecule has 0 atom stereocenters. The fourth-order valence-electron chi connectivity index (χ4n) is 1.70. The average molecular weight is 331 g/mol. The van der Waals surface area contributed by atoms with E-state index >= 15 is 0 Å². The van der Waals surface area contributed by atoms with Gasteiger partial charge < -0.3 is 9.52 Å². The summed E-state index contributed by atoms with van der Waals surface area (Å²) in [6, 6.07) is 9.19. The molecule has 0 aliphatic carbocycles. The van der Waals surface area contributed by atoms with Gasteiger partial charge in [0.05, 0.1) is 11.8 Å². The Bertz CT molecular complexity index is 855. The lowest BCUT2D eigenvalue weighted by Crippen LogP contribution is -1.97. The molecule has 0 fully saturated rings. The summed E-state index contributed by atoms with van der Waals surface area (Å²) in [6.07, 6.45) is 1.58. The third-order valence-corrected chi connectivity index (χ3v) is 3.47. The molecular weight excluding hydrogens is 322 g/mol. The van der Waals surface area contributed by atoms with E-state index in [1.165, 1.54) is 40.7 Å². The molecule has 0 bridgehead atoms. The highest BCUT2D eigenvalue weighted by Gasteiger charge is 2.10. The van der Waals surface area contributed by atoms with Crippen LogP contribution in [0.5, 0.6) is 5.75 Å². The maximum absolute atomic E-state index is 10.5. The standard InChI is InChI=1S/C13H9N5O4S/c19-10-3-1-9(2-4-10)17-13(14-15-16-17)23-8-7-11-5-6-12(22-11)18(20)21/h1-8,19H. The number of tetrazole rings is 1. The van der Waals surface area contributed by atoms with Gasteiger partial charge in [0.2, 0.25) is 5.16 Å². The molecule has 116 valence electrons. The fourth-order valence-corrected chi connectivity index (χ4v) is 2.35. The zero-order valence-electron chi connectivity index (χ0n) is 11.4. The topological polar surface area (TPSA) is 120 Å². The number of phenols is 1. The van der Waals surface area contributed by atoms with Crippen LogP contribution in [0.3, 0.4) is 0 Å². The van der Waals surface area contributed by atoms with Gasteiger partial charge in [-0.15, -0.1) is 5.10 Å². The molecule has 2 heterocycles. The minimum absolute atomic E-state index is 0.148. The van der Waals surface area contributed by atoms with Crippen molar-refractivity contribution in [2.24, 2.45) is 0 Å². The first-order valence-corrected chi connectivity index (χ1v) is 7.16. The van der Waals surface area contributed by atoms with Crippen LogP contribution in [0.4, 0.5) is 5.88 Å². The summed E-state index contributed by atoms with van der Waals surface area (Å²) in [6.45, 7) is 0. The Hall–Kier alpha value is -3.14. The molecule has 0 aliphatic heterocycles. The molecule has 0 spiro atoms. The van der Waals surface area contributed by atoms with E-state index < -0.39 is 4.92 Å². The van der Waals surface area contributed by atoms with Crippen LogP contribution in [0.25, 0.3) is 11.8 Å². The molecule has 3 aromatic rings. The number of aromatic hydroxyl groups is 1. The third-order valence-electron chi connectivity index (χ3n) is 2.73. The molecule has 10 heteroatoms. The summed E-state index contributed by atoms with van der Waals surface area (Å²) in [5.41, 5.74) is 0.692. The number of furan rings is 1. The minimum Gasteiger partial charge on any atom is -0.508 e. The summed E-state index contributed by atoms with van der Waals surface area (Å²) in [7, 11) is 0. The second kappa shape index (κ2) is 6.32. The van der Waals surface area contributed by atoms with Crippen molar-refractivity contribution in [2.45, 2.75) is 5.16 Å². The van der Waals surface area contributed by atoms with Gasteiger partial charge in [0.25, 0.3) is 0 Å². The highest BCUT2D eigenvalue weighted by Crippen LogP contribution is 2.23. The fraction of sp³-hybridized carbons (Fsp3) is 0. The number of benzene rings is 1. The first-order valence-electron chi connectivity index (χ1n) is 6.29. The lowest BCUT2D eigenvalue weighted by molar-refractivity contribution is -0.402. The Balaban J connectivity index is 1.73. The molecule has 0 unspecified atom stereocenters. The molecule has 0 radical (unpaired) electrons. The van der Waals surface area contributed by atoms with Gasteiger partial charge in [-0.2, -0.15) is 4.68 Å². The number of rotatable bonds is 5. The van der Waals surface area contributed by atoms with Crippen molar-refractivity contribution < 1.29 is 14.4 Å². The monoisotopic (exact) mass is 331 g/mol. The van der Waals surface area contributed by atoms with Gasteiger partial charge in [-0.05, 0) is 52.2 Å². The van der Waals surface area contributed by atoms with Crippen LogP contribution in [0.2, 0.25) is 0 Å². The first kappa shape index (κ1) is 14.8. The van der Waals surface area contributed by atoms with Crippen LogP contribution in [-0.2, 0) is 0 Å². The molecule has 3 rings (SSSR count). The van der Waals surface area contributed by atoms with Crippen molar-refractivity contribution >= 4 is 23.7 Å². The summed E-state index contributed by atoms with van der Waals surface area (Å²) in [5, 5.41) is 33.4. The van der Waals surface area contributed by atoms with Crippen molar-refractivity contribution in [3.8, 4) is 11.4 Å². The number of nitrogens with zero attached hydrogens (tertiary/aromatic N) is 5. The summed E-state index contributed by atoms with van der Waals surface area (Å²) >= 11 is 1.22. The van der Waals surface area contributed by atoms with Gasteiger partial charge in [0.1, 0.15) is 16.4 Å². The van der Waals surface area contributed by atoms with Crippen LogP contribution >= 0.6 is 11.8 Å². The Labute approximate surface area is 133 Å². The predicted octanol–water partition coefficient (Wildman–Crippen LogP) is 2.63. The van der Waals surface area contributed by atoms with E-state index in [-0.39, 0.29) is 11.6 Å². The van der Waals surface area contributed by atoms with E-state index in [4.69, 9.17) is 4.42 Å². The number of aromatic nitrogens is 4. The molecule has 1 aromatic carbocycles. The molecule has 0 amide bonds. The van der Waals surface area contributed by atoms with Crippen LogP contribution < -0.4 is 0 Å². The van der Waals surface area contributed by atoms with E-state index in [1.54, 1.807) is 23.6 Å². The van der Waals surface area contributed by atoms with E-state index in [0.717, 1.165) is 0 Å². The smallest absolute Gasteiger partial charge is 0.433 e. The normalized spacial score (nSPS) is 11.1. The van der Waals surface area contributed by atoms with Gasteiger partial charge in [-0.3, -0.25) is 10.1 Å². The SMILES string of the molecule is O=[N+]([O-])c1ccc(C=CSc2nnnn2-c2ccc(O)cc2)o1. The second-order valence-corrected chi connectivity index (χ2v) is 5.12. The molecule has 2 aromatic heterocycles. The highest BCUT2D eigenvalue weighted by atomic mass is 32.2. The maximum Gasteiger partial charge on any atom is 0.433 e. The van der Waals surface area contributed by atoms with Crippen LogP contribution in [-0.4, -0.2) is 30.2 Å². The minimum atomic E-state index is -0.601. The lowest BCUT2D eigenvalue weighted by Gasteiger charge is -2.01. The maximum atomic E-state index is 10.5. The molecule has 23 heavy (non-hydrogen) atoms. The largest absolute Gasteiger partial charge is 0.508 e. The van der Waals surface area contributed by atoms with Crippen molar-refractivity contribution in [1.82, 2.24) is 20.2 Å². The number of phenolic OH excluding ortho intramolecular Hbond substituents is 1. The number of thioether (sulfide) groups is 1. The molecule has 1 N–H and O–H groups in total. The summed E-state index contributed by atoms with van der Waals surface area (Å²) in [4.78, 5) is 9.93.